The van der Waals surface area contributed by atoms with Gasteiger partial charge in [0.25, 0.3) is 5.91 Å². The van der Waals surface area contributed by atoms with Crippen molar-refractivity contribution in [3.8, 4) is 0 Å². The van der Waals surface area contributed by atoms with Gasteiger partial charge in [-0.15, -0.1) is 11.3 Å². The highest BCUT2D eigenvalue weighted by Gasteiger charge is 2.18. The summed E-state index contributed by atoms with van der Waals surface area (Å²) in [5.74, 6) is -0.407. The quantitative estimate of drug-likeness (QED) is 0.522. The van der Waals surface area contributed by atoms with Gasteiger partial charge in [0.15, 0.2) is 0 Å². The molecule has 0 aliphatic carbocycles. The van der Waals surface area contributed by atoms with Crippen LogP contribution in [-0.2, 0) is 14.3 Å². The molecule has 19 heavy (non-hydrogen) atoms. The number of rotatable bonds is 7. The third kappa shape index (κ3) is 5.45. The molecule has 0 saturated heterocycles. The van der Waals surface area contributed by atoms with E-state index in [2.05, 4.69) is 27.3 Å². The maximum absolute atomic E-state index is 12.3. The van der Waals surface area contributed by atoms with Crippen molar-refractivity contribution in [3.05, 3.63) is 19.9 Å². The smallest absolute Gasteiger partial charge is 0.307 e. The molecule has 0 fully saturated rings. The van der Waals surface area contributed by atoms with Gasteiger partial charge in [-0.1, -0.05) is 0 Å². The molecule has 5 nitrogen and oxygen atoms in total. The third-order valence-electron chi connectivity index (χ3n) is 2.48. The van der Waals surface area contributed by atoms with E-state index in [1.165, 1.54) is 18.4 Å². The number of esters is 1. The van der Waals surface area contributed by atoms with E-state index in [1.54, 1.807) is 12.0 Å². The minimum atomic E-state index is -0.324. The van der Waals surface area contributed by atoms with Crippen molar-refractivity contribution >= 4 is 45.8 Å². The predicted octanol–water partition coefficient (Wildman–Crippen LogP) is 2.00. The fourth-order valence-corrected chi connectivity index (χ4v) is 2.77. The van der Waals surface area contributed by atoms with Crippen LogP contribution in [-0.4, -0.2) is 50.7 Å². The number of carbonyl (C=O) groups is 2. The van der Waals surface area contributed by atoms with Crippen LogP contribution >= 0.6 is 33.9 Å². The van der Waals surface area contributed by atoms with Crippen LogP contribution in [0.2, 0.25) is 0 Å². The van der Waals surface area contributed by atoms with Gasteiger partial charge >= 0.3 is 5.97 Å². The average Bonchev–Trinajstić information content (AvgIpc) is 2.84. The molecule has 1 rings (SSSR count). The molecule has 0 radical (unpaired) electrons. The molecule has 0 spiro atoms. The van der Waals surface area contributed by atoms with Crippen molar-refractivity contribution in [2.75, 3.05) is 33.9 Å². The van der Waals surface area contributed by atoms with Gasteiger partial charge in [0.2, 0.25) is 0 Å². The van der Waals surface area contributed by atoms with Crippen molar-refractivity contribution in [2.45, 2.75) is 6.42 Å². The average molecular weight is 397 g/mol. The van der Waals surface area contributed by atoms with E-state index in [4.69, 9.17) is 4.74 Å². The number of amides is 1. The van der Waals surface area contributed by atoms with Gasteiger partial charge in [-0.25, -0.2) is 0 Å². The second-order valence-corrected chi connectivity index (χ2v) is 6.56. The number of nitrogens with zero attached hydrogens (tertiary/aromatic N) is 1. The van der Waals surface area contributed by atoms with Crippen LogP contribution in [0, 0.1) is 2.88 Å². The Morgan fingerprint density at radius 3 is 2.63 bits per heavy atom. The lowest BCUT2D eigenvalue weighted by Gasteiger charge is -2.21. The lowest BCUT2D eigenvalue weighted by Crippen LogP contribution is -2.35. The number of hydrogen-bond acceptors (Lipinski definition) is 5. The molecule has 1 aromatic heterocycles. The maximum atomic E-state index is 12.3. The summed E-state index contributed by atoms with van der Waals surface area (Å²) < 4.78 is 10.6. The van der Waals surface area contributed by atoms with E-state index in [0.29, 0.717) is 25.3 Å². The second kappa shape index (κ2) is 8.49. The molecule has 0 atom stereocenters. The molecule has 0 bridgehead atoms. The van der Waals surface area contributed by atoms with Crippen molar-refractivity contribution in [1.29, 1.82) is 0 Å². The van der Waals surface area contributed by atoms with E-state index in [-0.39, 0.29) is 18.3 Å². The zero-order valence-electron chi connectivity index (χ0n) is 10.8. The van der Waals surface area contributed by atoms with E-state index in [0.717, 1.165) is 2.88 Å². The molecule has 0 aliphatic rings. The topological polar surface area (TPSA) is 55.8 Å². The van der Waals surface area contributed by atoms with Crippen LogP contribution in [0.1, 0.15) is 16.8 Å². The van der Waals surface area contributed by atoms with E-state index >= 15 is 0 Å². The molecule has 1 aromatic rings. The highest BCUT2D eigenvalue weighted by molar-refractivity contribution is 14.1. The maximum Gasteiger partial charge on any atom is 0.307 e. The van der Waals surface area contributed by atoms with Crippen LogP contribution in [0.4, 0.5) is 0 Å². The molecule has 1 amide bonds. The van der Waals surface area contributed by atoms with Crippen LogP contribution < -0.4 is 0 Å². The summed E-state index contributed by atoms with van der Waals surface area (Å²) in [5.41, 5.74) is 0.648. The summed E-state index contributed by atoms with van der Waals surface area (Å²) in [6.07, 6.45) is 0.188. The summed E-state index contributed by atoms with van der Waals surface area (Å²) in [6.45, 7) is 1.23. The van der Waals surface area contributed by atoms with Crippen molar-refractivity contribution in [2.24, 2.45) is 0 Å². The number of ether oxygens (including phenoxy) is 2. The highest BCUT2D eigenvalue weighted by atomic mass is 127. The molecular weight excluding hydrogens is 381 g/mol. The Kier molecular flexibility index (Phi) is 7.32. The summed E-state index contributed by atoms with van der Waals surface area (Å²) in [4.78, 5) is 25.1. The number of halogens is 1. The second-order valence-electron chi connectivity index (χ2n) is 3.75. The number of hydrogen-bond donors (Lipinski definition) is 0. The molecule has 0 aromatic carbocycles. The van der Waals surface area contributed by atoms with E-state index < -0.39 is 0 Å². The molecule has 0 aliphatic heterocycles. The normalized spacial score (nSPS) is 10.3. The zero-order chi connectivity index (χ0) is 14.3. The molecular formula is C12H16INO4S. The number of thiophene rings is 1. The first-order chi connectivity index (χ1) is 9.08. The summed E-state index contributed by atoms with van der Waals surface area (Å²) in [6, 6.07) is 1.84. The Labute approximate surface area is 130 Å². The Hall–Kier alpha value is -0.670. The molecule has 106 valence electrons. The first-order valence-corrected chi connectivity index (χ1v) is 7.63. The van der Waals surface area contributed by atoms with E-state index in [9.17, 15) is 9.59 Å². The van der Waals surface area contributed by atoms with Gasteiger partial charge in [-0.05, 0) is 28.7 Å². The van der Waals surface area contributed by atoms with Crippen molar-refractivity contribution in [3.63, 3.8) is 0 Å². The van der Waals surface area contributed by atoms with Gasteiger partial charge in [0, 0.05) is 25.6 Å². The lowest BCUT2D eigenvalue weighted by molar-refractivity contribution is -0.140. The van der Waals surface area contributed by atoms with Crippen molar-refractivity contribution < 1.29 is 19.1 Å². The summed E-state index contributed by atoms with van der Waals surface area (Å²) in [5, 5.41) is 1.82. The van der Waals surface area contributed by atoms with E-state index in [1.807, 2.05) is 11.4 Å². The van der Waals surface area contributed by atoms with Crippen LogP contribution in [0.3, 0.4) is 0 Å². The number of methoxy groups -OCH3 is 2. The predicted molar refractivity (Wildman–Crippen MR) is 81.4 cm³/mol. The number of carbonyl (C=O) groups excluding carboxylic acids is 2. The van der Waals surface area contributed by atoms with Crippen LogP contribution in [0.15, 0.2) is 11.4 Å². The SMILES string of the molecule is COCCN(CCC(=O)OC)C(=O)c1csc(I)c1. The lowest BCUT2D eigenvalue weighted by atomic mass is 10.2. The monoisotopic (exact) mass is 397 g/mol. The fraction of sp³-hybridized carbons (Fsp3) is 0.500. The highest BCUT2D eigenvalue weighted by Crippen LogP contribution is 2.18. The van der Waals surface area contributed by atoms with Gasteiger partial charge in [-0.3, -0.25) is 9.59 Å². The molecule has 1 heterocycles. The van der Waals surface area contributed by atoms with Crippen LogP contribution in [0.25, 0.3) is 0 Å². The molecule has 7 heteroatoms. The molecule has 0 N–H and O–H groups in total. The van der Waals surface area contributed by atoms with Gasteiger partial charge < -0.3 is 14.4 Å². The zero-order valence-corrected chi connectivity index (χ0v) is 13.8. The first kappa shape index (κ1) is 16.4. The Balaban J connectivity index is 2.66. The Morgan fingerprint density at radius 2 is 2.11 bits per heavy atom. The molecule has 0 unspecified atom stereocenters. The molecule has 0 saturated carbocycles. The third-order valence-corrected chi connectivity index (χ3v) is 4.27. The Bertz CT molecular complexity index is 435. The Morgan fingerprint density at radius 1 is 1.37 bits per heavy atom. The van der Waals surface area contributed by atoms with Gasteiger partial charge in [0.05, 0.1) is 28.6 Å². The first-order valence-electron chi connectivity index (χ1n) is 5.67. The standard InChI is InChI=1S/C12H16INO4S/c1-17-6-5-14(4-3-11(15)18-2)12(16)9-7-10(13)19-8-9/h7-8H,3-6H2,1-2H3. The van der Waals surface area contributed by atoms with Gasteiger partial charge in [-0.2, -0.15) is 0 Å². The fourth-order valence-electron chi connectivity index (χ4n) is 1.45. The summed E-state index contributed by atoms with van der Waals surface area (Å²) >= 11 is 3.69. The largest absolute Gasteiger partial charge is 0.469 e. The van der Waals surface area contributed by atoms with Crippen LogP contribution in [0.5, 0.6) is 0 Å². The van der Waals surface area contributed by atoms with Gasteiger partial charge in [0.1, 0.15) is 0 Å². The minimum Gasteiger partial charge on any atom is -0.469 e. The van der Waals surface area contributed by atoms with Crippen molar-refractivity contribution in [1.82, 2.24) is 4.90 Å². The summed E-state index contributed by atoms with van der Waals surface area (Å²) in [7, 11) is 2.92. The minimum absolute atomic E-state index is 0.0832.